The molecule has 0 amide bonds. The minimum absolute atomic E-state index is 0.448. The second-order valence-corrected chi connectivity index (χ2v) is 5.94. The first kappa shape index (κ1) is 13.4. The summed E-state index contributed by atoms with van der Waals surface area (Å²) in [5, 5.41) is 0. The van der Waals surface area contributed by atoms with Gasteiger partial charge in [0.15, 0.2) is 0 Å². The molecule has 2 N–H and O–H groups in total. The summed E-state index contributed by atoms with van der Waals surface area (Å²) in [6.07, 6.45) is 5.45. The highest BCUT2D eigenvalue weighted by Gasteiger charge is 2.25. The Morgan fingerprint density at radius 3 is 2.78 bits per heavy atom. The van der Waals surface area contributed by atoms with Crippen molar-refractivity contribution in [3.8, 4) is 0 Å². The van der Waals surface area contributed by atoms with Crippen molar-refractivity contribution in [3.63, 3.8) is 0 Å². The summed E-state index contributed by atoms with van der Waals surface area (Å²) in [4.78, 5) is 2.53. The zero-order chi connectivity index (χ0) is 13.1. The Balaban J connectivity index is 2.05. The van der Waals surface area contributed by atoms with Crippen molar-refractivity contribution in [2.75, 3.05) is 12.8 Å². The molecule has 0 saturated heterocycles. The highest BCUT2D eigenvalue weighted by Crippen LogP contribution is 2.31. The molecule has 3 unspecified atom stereocenters. The zero-order valence-electron chi connectivity index (χ0n) is 11.9. The Bertz CT molecular complexity index is 388. The molecule has 1 aromatic rings. The van der Waals surface area contributed by atoms with Crippen LogP contribution in [0.1, 0.15) is 51.1 Å². The maximum atomic E-state index is 5.88. The van der Waals surface area contributed by atoms with Gasteiger partial charge in [-0.2, -0.15) is 0 Å². The first-order chi connectivity index (χ1) is 8.58. The van der Waals surface area contributed by atoms with Crippen LogP contribution in [0.15, 0.2) is 24.3 Å². The molecule has 1 aliphatic rings. The van der Waals surface area contributed by atoms with Gasteiger partial charge in [-0.1, -0.05) is 31.9 Å². The molecule has 1 saturated carbocycles. The molecule has 2 nitrogen and oxygen atoms in total. The van der Waals surface area contributed by atoms with E-state index in [1.54, 1.807) is 0 Å². The molecule has 0 heterocycles. The minimum Gasteiger partial charge on any atom is -0.399 e. The Morgan fingerprint density at radius 2 is 2.11 bits per heavy atom. The van der Waals surface area contributed by atoms with Crippen molar-refractivity contribution in [1.82, 2.24) is 4.90 Å². The monoisotopic (exact) mass is 246 g/mol. The molecular weight excluding hydrogens is 220 g/mol. The molecule has 0 aliphatic heterocycles. The third kappa shape index (κ3) is 3.05. The molecular formula is C16H26N2. The summed E-state index contributed by atoms with van der Waals surface area (Å²) in [5.74, 6) is 0.874. The van der Waals surface area contributed by atoms with Crippen LogP contribution in [-0.4, -0.2) is 18.0 Å². The van der Waals surface area contributed by atoms with E-state index < -0.39 is 0 Å². The summed E-state index contributed by atoms with van der Waals surface area (Å²) < 4.78 is 0. The van der Waals surface area contributed by atoms with Gasteiger partial charge in [0.1, 0.15) is 0 Å². The average Bonchev–Trinajstić information content (AvgIpc) is 2.37. The lowest BCUT2D eigenvalue weighted by atomic mass is 9.85. The van der Waals surface area contributed by atoms with Gasteiger partial charge >= 0.3 is 0 Å². The SMILES string of the molecule is CC1CCCC(N(C)C(C)c2cccc(N)c2)C1. The summed E-state index contributed by atoms with van der Waals surface area (Å²) in [6, 6.07) is 9.48. The van der Waals surface area contributed by atoms with E-state index in [0.29, 0.717) is 6.04 Å². The summed E-state index contributed by atoms with van der Waals surface area (Å²) in [5.41, 5.74) is 8.07. The Labute approximate surface area is 111 Å². The summed E-state index contributed by atoms with van der Waals surface area (Å²) in [7, 11) is 2.26. The first-order valence-corrected chi connectivity index (χ1v) is 7.15. The predicted molar refractivity (Wildman–Crippen MR) is 78.5 cm³/mol. The Morgan fingerprint density at radius 1 is 1.33 bits per heavy atom. The van der Waals surface area contributed by atoms with Crippen molar-refractivity contribution in [2.45, 2.75) is 51.6 Å². The van der Waals surface area contributed by atoms with Crippen LogP contribution in [0.2, 0.25) is 0 Å². The number of hydrogen-bond donors (Lipinski definition) is 1. The number of hydrogen-bond acceptors (Lipinski definition) is 2. The molecule has 0 aromatic heterocycles. The molecule has 100 valence electrons. The fourth-order valence-electron chi connectivity index (χ4n) is 3.14. The van der Waals surface area contributed by atoms with Crippen molar-refractivity contribution in [3.05, 3.63) is 29.8 Å². The lowest BCUT2D eigenvalue weighted by Gasteiger charge is -2.38. The van der Waals surface area contributed by atoms with Crippen molar-refractivity contribution in [2.24, 2.45) is 5.92 Å². The smallest absolute Gasteiger partial charge is 0.0320 e. The number of rotatable bonds is 3. The topological polar surface area (TPSA) is 29.3 Å². The van der Waals surface area contributed by atoms with Crippen LogP contribution in [0.25, 0.3) is 0 Å². The number of nitrogen functional groups attached to an aromatic ring is 1. The third-order valence-electron chi connectivity index (χ3n) is 4.49. The Kier molecular flexibility index (Phi) is 4.28. The van der Waals surface area contributed by atoms with E-state index in [1.807, 2.05) is 6.07 Å². The van der Waals surface area contributed by atoms with Crippen LogP contribution in [0, 0.1) is 5.92 Å². The maximum Gasteiger partial charge on any atom is 0.0320 e. The van der Waals surface area contributed by atoms with Crippen molar-refractivity contribution < 1.29 is 0 Å². The highest BCUT2D eigenvalue weighted by atomic mass is 15.2. The number of anilines is 1. The van der Waals surface area contributed by atoms with Gasteiger partial charge in [-0.25, -0.2) is 0 Å². The van der Waals surface area contributed by atoms with Crippen LogP contribution >= 0.6 is 0 Å². The zero-order valence-corrected chi connectivity index (χ0v) is 11.9. The summed E-state index contributed by atoms with van der Waals surface area (Å²) in [6.45, 7) is 4.67. The average molecular weight is 246 g/mol. The molecule has 2 heteroatoms. The normalized spacial score (nSPS) is 26.2. The van der Waals surface area contributed by atoms with Gasteiger partial charge in [0, 0.05) is 17.8 Å². The van der Waals surface area contributed by atoms with Gasteiger partial charge in [-0.15, -0.1) is 0 Å². The van der Waals surface area contributed by atoms with Crippen LogP contribution in [0.3, 0.4) is 0 Å². The van der Waals surface area contributed by atoms with Gasteiger partial charge in [-0.05, 0) is 50.4 Å². The molecule has 1 aromatic carbocycles. The van der Waals surface area contributed by atoms with Crippen molar-refractivity contribution in [1.29, 1.82) is 0 Å². The van der Waals surface area contributed by atoms with E-state index in [1.165, 1.54) is 31.2 Å². The first-order valence-electron chi connectivity index (χ1n) is 7.15. The molecule has 2 rings (SSSR count). The third-order valence-corrected chi connectivity index (χ3v) is 4.49. The summed E-state index contributed by atoms with van der Waals surface area (Å²) >= 11 is 0. The molecule has 0 radical (unpaired) electrons. The van der Waals surface area contributed by atoms with E-state index in [0.717, 1.165) is 17.6 Å². The molecule has 3 atom stereocenters. The van der Waals surface area contributed by atoms with E-state index in [9.17, 15) is 0 Å². The van der Waals surface area contributed by atoms with E-state index in [4.69, 9.17) is 5.73 Å². The van der Waals surface area contributed by atoms with Crippen LogP contribution < -0.4 is 5.73 Å². The predicted octanol–water partition coefficient (Wildman–Crippen LogP) is 3.84. The van der Waals surface area contributed by atoms with Gasteiger partial charge in [-0.3, -0.25) is 4.90 Å². The van der Waals surface area contributed by atoms with Crippen LogP contribution in [0.4, 0.5) is 5.69 Å². The quantitative estimate of drug-likeness (QED) is 0.821. The second kappa shape index (κ2) is 5.75. The van der Waals surface area contributed by atoms with Gasteiger partial charge in [0.05, 0.1) is 0 Å². The second-order valence-electron chi connectivity index (χ2n) is 5.94. The number of nitrogens with two attached hydrogens (primary N) is 1. The van der Waals surface area contributed by atoms with E-state index in [-0.39, 0.29) is 0 Å². The van der Waals surface area contributed by atoms with E-state index in [2.05, 4.69) is 44.0 Å². The number of benzene rings is 1. The Hall–Kier alpha value is -1.02. The number of nitrogens with zero attached hydrogens (tertiary/aromatic N) is 1. The lowest BCUT2D eigenvalue weighted by molar-refractivity contribution is 0.126. The van der Waals surface area contributed by atoms with Crippen LogP contribution in [-0.2, 0) is 0 Å². The minimum atomic E-state index is 0.448. The molecule has 1 aliphatic carbocycles. The molecule has 1 fully saturated rings. The fraction of sp³-hybridized carbons (Fsp3) is 0.625. The van der Waals surface area contributed by atoms with E-state index >= 15 is 0 Å². The van der Waals surface area contributed by atoms with Gasteiger partial charge in [0.25, 0.3) is 0 Å². The van der Waals surface area contributed by atoms with Crippen molar-refractivity contribution >= 4 is 5.69 Å². The van der Waals surface area contributed by atoms with Gasteiger partial charge < -0.3 is 5.73 Å². The molecule has 0 bridgehead atoms. The fourth-order valence-corrected chi connectivity index (χ4v) is 3.14. The largest absolute Gasteiger partial charge is 0.399 e. The molecule has 18 heavy (non-hydrogen) atoms. The lowest BCUT2D eigenvalue weighted by Crippen LogP contribution is -2.37. The van der Waals surface area contributed by atoms with Crippen LogP contribution in [0.5, 0.6) is 0 Å². The standard InChI is InChI=1S/C16H26N2/c1-12-6-4-9-16(10-12)18(3)13(2)14-7-5-8-15(17)11-14/h5,7-8,11-13,16H,4,6,9-10,17H2,1-3H3. The maximum absolute atomic E-state index is 5.88. The molecule has 0 spiro atoms. The van der Waals surface area contributed by atoms with Gasteiger partial charge in [0.2, 0.25) is 0 Å². The highest BCUT2D eigenvalue weighted by molar-refractivity contribution is 5.41.